The molecule has 6 heteroatoms. The van der Waals surface area contributed by atoms with Crippen LogP contribution in [-0.2, 0) is 11.3 Å². The first-order chi connectivity index (χ1) is 10.7. The molecule has 1 fully saturated rings. The van der Waals surface area contributed by atoms with E-state index in [9.17, 15) is 9.59 Å². The van der Waals surface area contributed by atoms with Crippen LogP contribution in [0.3, 0.4) is 0 Å². The SMILES string of the molecule is CC[C@@H]1CCCCN1C(=O)Cn1nnc2ccccc2c1=O. The maximum Gasteiger partial charge on any atom is 0.278 e. The van der Waals surface area contributed by atoms with Crippen LogP contribution < -0.4 is 5.56 Å². The van der Waals surface area contributed by atoms with E-state index in [2.05, 4.69) is 17.2 Å². The van der Waals surface area contributed by atoms with Crippen molar-refractivity contribution in [3.8, 4) is 0 Å². The Morgan fingerprint density at radius 3 is 2.95 bits per heavy atom. The molecule has 0 spiro atoms. The van der Waals surface area contributed by atoms with Gasteiger partial charge in [0, 0.05) is 12.6 Å². The van der Waals surface area contributed by atoms with Crippen LogP contribution in [0.5, 0.6) is 0 Å². The smallest absolute Gasteiger partial charge is 0.278 e. The molecule has 0 aliphatic carbocycles. The summed E-state index contributed by atoms with van der Waals surface area (Å²) in [6, 6.07) is 7.34. The van der Waals surface area contributed by atoms with Gasteiger partial charge >= 0.3 is 0 Å². The Labute approximate surface area is 128 Å². The first kappa shape index (κ1) is 14.7. The largest absolute Gasteiger partial charge is 0.338 e. The van der Waals surface area contributed by atoms with Gasteiger partial charge in [-0.25, -0.2) is 4.68 Å². The van der Waals surface area contributed by atoms with Crippen molar-refractivity contribution >= 4 is 16.8 Å². The number of aromatic nitrogens is 3. The minimum Gasteiger partial charge on any atom is -0.338 e. The quantitative estimate of drug-likeness (QED) is 0.863. The van der Waals surface area contributed by atoms with Gasteiger partial charge in [0.05, 0.1) is 5.39 Å². The van der Waals surface area contributed by atoms with Gasteiger partial charge in [-0.15, -0.1) is 5.10 Å². The van der Waals surface area contributed by atoms with Gasteiger partial charge in [0.15, 0.2) is 0 Å². The van der Waals surface area contributed by atoms with Crippen LogP contribution >= 0.6 is 0 Å². The van der Waals surface area contributed by atoms with Crippen LogP contribution in [0, 0.1) is 0 Å². The molecule has 2 aromatic rings. The molecule has 3 rings (SSSR count). The highest BCUT2D eigenvalue weighted by Gasteiger charge is 2.25. The zero-order chi connectivity index (χ0) is 15.5. The van der Waals surface area contributed by atoms with E-state index in [1.54, 1.807) is 18.2 Å². The predicted octanol–water partition coefficient (Wildman–Crippen LogP) is 1.58. The number of nitrogens with zero attached hydrogens (tertiary/aromatic N) is 4. The molecular formula is C16H20N4O2. The molecule has 1 aliphatic rings. The molecule has 0 N–H and O–H groups in total. The fourth-order valence-corrected chi connectivity index (χ4v) is 3.10. The lowest BCUT2D eigenvalue weighted by atomic mass is 10.00. The van der Waals surface area contributed by atoms with E-state index in [0.717, 1.165) is 32.2 Å². The molecule has 1 amide bonds. The summed E-state index contributed by atoms with van der Waals surface area (Å²) in [5.74, 6) is -0.0433. The van der Waals surface area contributed by atoms with Gasteiger partial charge < -0.3 is 4.90 Å². The number of benzene rings is 1. The second-order valence-corrected chi connectivity index (χ2v) is 5.71. The summed E-state index contributed by atoms with van der Waals surface area (Å²) in [5, 5.41) is 8.42. The molecule has 6 nitrogen and oxygen atoms in total. The summed E-state index contributed by atoms with van der Waals surface area (Å²) < 4.78 is 1.17. The first-order valence-corrected chi connectivity index (χ1v) is 7.82. The molecule has 0 saturated carbocycles. The Kier molecular flexibility index (Phi) is 4.18. The van der Waals surface area contributed by atoms with Crippen molar-refractivity contribution in [2.45, 2.75) is 45.2 Å². The fraction of sp³-hybridized carbons (Fsp3) is 0.500. The minimum atomic E-state index is -0.260. The summed E-state index contributed by atoms with van der Waals surface area (Å²) >= 11 is 0. The van der Waals surface area contributed by atoms with Crippen molar-refractivity contribution in [3.05, 3.63) is 34.6 Å². The summed E-state index contributed by atoms with van der Waals surface area (Å²) in [6.45, 7) is 2.83. The van der Waals surface area contributed by atoms with Crippen molar-refractivity contribution in [2.24, 2.45) is 0 Å². The molecule has 1 aromatic heterocycles. The lowest BCUT2D eigenvalue weighted by molar-refractivity contribution is -0.135. The zero-order valence-corrected chi connectivity index (χ0v) is 12.7. The van der Waals surface area contributed by atoms with Gasteiger partial charge in [0.1, 0.15) is 12.1 Å². The lowest BCUT2D eigenvalue weighted by Crippen LogP contribution is -2.46. The number of carbonyl (C=O) groups is 1. The fourth-order valence-electron chi connectivity index (χ4n) is 3.10. The number of piperidine rings is 1. The molecule has 0 radical (unpaired) electrons. The number of likely N-dealkylation sites (tertiary alicyclic amines) is 1. The Hall–Kier alpha value is -2.24. The van der Waals surface area contributed by atoms with Crippen LogP contribution in [0.2, 0.25) is 0 Å². The van der Waals surface area contributed by atoms with Gasteiger partial charge in [-0.3, -0.25) is 9.59 Å². The van der Waals surface area contributed by atoms with E-state index in [4.69, 9.17) is 0 Å². The number of amides is 1. The highest BCUT2D eigenvalue weighted by Crippen LogP contribution is 2.19. The number of hydrogen-bond acceptors (Lipinski definition) is 4. The van der Waals surface area contributed by atoms with Crippen LogP contribution in [-0.4, -0.2) is 38.4 Å². The number of carbonyl (C=O) groups excluding carboxylic acids is 1. The molecule has 1 saturated heterocycles. The number of rotatable bonds is 3. The molecular weight excluding hydrogens is 280 g/mol. The molecule has 1 aromatic carbocycles. The van der Waals surface area contributed by atoms with E-state index in [1.807, 2.05) is 11.0 Å². The summed E-state index contributed by atoms with van der Waals surface area (Å²) in [5.41, 5.74) is 0.296. The van der Waals surface area contributed by atoms with Crippen molar-refractivity contribution < 1.29 is 4.79 Å². The Balaban J connectivity index is 1.85. The van der Waals surface area contributed by atoms with Crippen molar-refractivity contribution in [2.75, 3.05) is 6.54 Å². The maximum atomic E-state index is 12.5. The molecule has 116 valence electrons. The Morgan fingerprint density at radius 2 is 2.14 bits per heavy atom. The monoisotopic (exact) mass is 300 g/mol. The molecule has 2 heterocycles. The highest BCUT2D eigenvalue weighted by atomic mass is 16.2. The van der Waals surface area contributed by atoms with Crippen LogP contribution in [0.1, 0.15) is 32.6 Å². The third kappa shape index (κ3) is 2.73. The Bertz CT molecular complexity index is 740. The van der Waals surface area contributed by atoms with Crippen molar-refractivity contribution in [1.29, 1.82) is 0 Å². The first-order valence-electron chi connectivity index (χ1n) is 7.82. The summed E-state index contributed by atoms with van der Waals surface area (Å²) in [6.07, 6.45) is 4.18. The van der Waals surface area contributed by atoms with Gasteiger partial charge in [-0.1, -0.05) is 24.3 Å². The molecule has 1 aliphatic heterocycles. The number of fused-ring (bicyclic) bond motifs is 1. The standard InChI is InChI=1S/C16H20N4O2/c1-2-12-7-5-6-10-19(12)15(21)11-20-16(22)13-8-3-4-9-14(13)17-18-20/h3-4,8-9,12H,2,5-7,10-11H2,1H3/t12-/m1/s1. The topological polar surface area (TPSA) is 68.1 Å². The van der Waals surface area contributed by atoms with E-state index in [-0.39, 0.29) is 24.1 Å². The van der Waals surface area contributed by atoms with E-state index in [0.29, 0.717) is 10.9 Å². The Morgan fingerprint density at radius 1 is 1.32 bits per heavy atom. The minimum absolute atomic E-state index is 0.0346. The van der Waals surface area contributed by atoms with Gasteiger partial charge in [-0.05, 0) is 37.8 Å². The van der Waals surface area contributed by atoms with E-state index >= 15 is 0 Å². The van der Waals surface area contributed by atoms with Gasteiger partial charge in [-0.2, -0.15) is 0 Å². The highest BCUT2D eigenvalue weighted by molar-refractivity contribution is 5.78. The second-order valence-electron chi connectivity index (χ2n) is 5.71. The zero-order valence-electron chi connectivity index (χ0n) is 12.7. The molecule has 0 bridgehead atoms. The predicted molar refractivity (Wildman–Crippen MR) is 83.4 cm³/mol. The van der Waals surface area contributed by atoms with Crippen LogP contribution in [0.25, 0.3) is 10.9 Å². The third-order valence-electron chi connectivity index (χ3n) is 4.33. The second kappa shape index (κ2) is 6.25. The van der Waals surface area contributed by atoms with Gasteiger partial charge in [0.2, 0.25) is 5.91 Å². The normalized spacial score (nSPS) is 18.6. The number of hydrogen-bond donors (Lipinski definition) is 0. The maximum absolute atomic E-state index is 12.5. The van der Waals surface area contributed by atoms with Crippen molar-refractivity contribution in [3.63, 3.8) is 0 Å². The third-order valence-corrected chi connectivity index (χ3v) is 4.33. The molecule has 22 heavy (non-hydrogen) atoms. The van der Waals surface area contributed by atoms with Crippen LogP contribution in [0.15, 0.2) is 29.1 Å². The average molecular weight is 300 g/mol. The lowest BCUT2D eigenvalue weighted by Gasteiger charge is -2.35. The van der Waals surface area contributed by atoms with Crippen LogP contribution in [0.4, 0.5) is 0 Å². The summed E-state index contributed by atoms with van der Waals surface area (Å²) in [4.78, 5) is 26.8. The van der Waals surface area contributed by atoms with Gasteiger partial charge in [0.25, 0.3) is 5.56 Å². The summed E-state index contributed by atoms with van der Waals surface area (Å²) in [7, 11) is 0. The molecule has 1 atom stereocenters. The average Bonchev–Trinajstić information content (AvgIpc) is 2.57. The van der Waals surface area contributed by atoms with E-state index in [1.165, 1.54) is 4.68 Å². The van der Waals surface area contributed by atoms with Crippen molar-refractivity contribution in [1.82, 2.24) is 19.9 Å². The molecule has 0 unspecified atom stereocenters. The van der Waals surface area contributed by atoms with E-state index < -0.39 is 0 Å².